The zero-order valence-electron chi connectivity index (χ0n) is 12.0. The Kier molecular flexibility index (Phi) is 5.11. The lowest BCUT2D eigenvalue weighted by Gasteiger charge is -2.12. The highest BCUT2D eigenvalue weighted by molar-refractivity contribution is 9.10. The molecule has 0 aliphatic carbocycles. The number of carbonyl (C=O) groups excluding carboxylic acids is 2. The molecule has 0 radical (unpaired) electrons. The molecule has 1 aromatic carbocycles. The molecule has 114 valence electrons. The predicted molar refractivity (Wildman–Crippen MR) is 87.2 cm³/mol. The van der Waals surface area contributed by atoms with Gasteiger partial charge in [-0.2, -0.15) is 0 Å². The molecule has 6 nitrogen and oxygen atoms in total. The van der Waals surface area contributed by atoms with Crippen LogP contribution in [-0.4, -0.2) is 23.9 Å². The molecule has 22 heavy (non-hydrogen) atoms. The molecular formula is C15H14BrN3O3. The molecular weight excluding hydrogens is 350 g/mol. The molecule has 0 spiro atoms. The molecule has 0 bridgehead atoms. The van der Waals surface area contributed by atoms with Gasteiger partial charge in [0, 0.05) is 29.5 Å². The van der Waals surface area contributed by atoms with Gasteiger partial charge in [-0.3, -0.25) is 14.6 Å². The van der Waals surface area contributed by atoms with E-state index in [1.54, 1.807) is 30.5 Å². The highest BCUT2D eigenvalue weighted by Crippen LogP contribution is 2.28. The topological polar surface area (TPSA) is 80.3 Å². The number of amides is 2. The molecule has 0 unspecified atom stereocenters. The fourth-order valence-corrected chi connectivity index (χ4v) is 2.18. The molecule has 2 amide bonds. The van der Waals surface area contributed by atoms with E-state index in [-0.39, 0.29) is 11.8 Å². The summed E-state index contributed by atoms with van der Waals surface area (Å²) in [4.78, 5) is 27.3. The van der Waals surface area contributed by atoms with Crippen LogP contribution in [0.1, 0.15) is 17.3 Å². The summed E-state index contributed by atoms with van der Waals surface area (Å²) in [5.74, 6) is -0.0314. The quantitative estimate of drug-likeness (QED) is 0.874. The van der Waals surface area contributed by atoms with E-state index >= 15 is 0 Å². The lowest BCUT2D eigenvalue weighted by molar-refractivity contribution is -0.114. The van der Waals surface area contributed by atoms with Gasteiger partial charge >= 0.3 is 0 Å². The number of aromatic nitrogens is 1. The number of ether oxygens (including phenoxy) is 1. The summed E-state index contributed by atoms with van der Waals surface area (Å²) in [5.41, 5.74) is 1.43. The molecule has 2 N–H and O–H groups in total. The number of nitrogens with zero attached hydrogens (tertiary/aromatic N) is 1. The lowest BCUT2D eigenvalue weighted by atomic mass is 10.2. The summed E-state index contributed by atoms with van der Waals surface area (Å²) >= 11 is 3.27. The third-order valence-corrected chi connectivity index (χ3v) is 3.17. The second kappa shape index (κ2) is 7.04. The van der Waals surface area contributed by atoms with E-state index in [4.69, 9.17) is 4.74 Å². The van der Waals surface area contributed by atoms with Gasteiger partial charge < -0.3 is 15.4 Å². The second-order valence-corrected chi connectivity index (χ2v) is 5.36. The maximum atomic E-state index is 12.3. The van der Waals surface area contributed by atoms with Crippen LogP contribution in [0.3, 0.4) is 0 Å². The van der Waals surface area contributed by atoms with Crippen molar-refractivity contribution in [2.24, 2.45) is 0 Å². The molecule has 1 heterocycles. The van der Waals surface area contributed by atoms with E-state index in [9.17, 15) is 9.59 Å². The van der Waals surface area contributed by atoms with Crippen molar-refractivity contribution in [3.05, 3.63) is 46.7 Å². The zero-order chi connectivity index (χ0) is 16.1. The first kappa shape index (κ1) is 16.0. The zero-order valence-corrected chi connectivity index (χ0v) is 13.6. The third kappa shape index (κ3) is 4.05. The number of halogens is 1. The number of carbonyl (C=O) groups is 2. The summed E-state index contributed by atoms with van der Waals surface area (Å²) in [6, 6.07) is 6.65. The van der Waals surface area contributed by atoms with Crippen LogP contribution in [0.2, 0.25) is 0 Å². The van der Waals surface area contributed by atoms with Crippen LogP contribution in [0.5, 0.6) is 5.75 Å². The van der Waals surface area contributed by atoms with E-state index in [1.807, 2.05) is 0 Å². The minimum atomic E-state index is -0.327. The fraction of sp³-hybridized carbons (Fsp3) is 0.133. The molecule has 2 rings (SSSR count). The molecule has 1 aromatic heterocycles. The molecule has 0 saturated heterocycles. The Morgan fingerprint density at radius 3 is 2.59 bits per heavy atom. The first-order chi connectivity index (χ1) is 10.5. The summed E-state index contributed by atoms with van der Waals surface area (Å²) in [6.45, 7) is 1.41. The Morgan fingerprint density at radius 1 is 1.18 bits per heavy atom. The number of rotatable bonds is 4. The van der Waals surface area contributed by atoms with Gasteiger partial charge in [-0.1, -0.05) is 0 Å². The minimum absolute atomic E-state index is 0.196. The average molecular weight is 364 g/mol. The Balaban J connectivity index is 2.26. The molecule has 0 atom stereocenters. The molecule has 0 fully saturated rings. The van der Waals surface area contributed by atoms with Gasteiger partial charge in [-0.25, -0.2) is 0 Å². The average Bonchev–Trinajstić information content (AvgIpc) is 2.47. The van der Waals surface area contributed by atoms with Gasteiger partial charge in [0.15, 0.2) is 0 Å². The van der Waals surface area contributed by atoms with E-state index in [1.165, 1.54) is 20.2 Å². The van der Waals surface area contributed by atoms with Crippen molar-refractivity contribution in [1.82, 2.24) is 4.98 Å². The Bertz CT molecular complexity index is 719. The van der Waals surface area contributed by atoms with E-state index in [0.29, 0.717) is 27.2 Å². The summed E-state index contributed by atoms with van der Waals surface area (Å²) in [7, 11) is 1.50. The molecule has 2 aromatic rings. The Labute approximate surface area is 136 Å². The van der Waals surface area contributed by atoms with Gasteiger partial charge in [0.05, 0.1) is 18.4 Å². The van der Waals surface area contributed by atoms with Crippen LogP contribution in [0.15, 0.2) is 41.1 Å². The third-order valence-electron chi connectivity index (χ3n) is 2.74. The lowest BCUT2D eigenvalue weighted by Crippen LogP contribution is -2.13. The summed E-state index contributed by atoms with van der Waals surface area (Å²) in [5, 5.41) is 5.40. The second-order valence-electron chi connectivity index (χ2n) is 4.44. The maximum Gasteiger partial charge on any atom is 0.257 e. The molecule has 0 aliphatic heterocycles. The van der Waals surface area contributed by atoms with Gasteiger partial charge in [0.1, 0.15) is 5.75 Å². The number of hydrogen-bond donors (Lipinski definition) is 2. The van der Waals surface area contributed by atoms with Crippen LogP contribution in [0, 0.1) is 0 Å². The SMILES string of the molecule is COc1ccc(NC(C)=O)cc1NC(=O)c1cncc(Br)c1. The normalized spacial score (nSPS) is 9.95. The van der Waals surface area contributed by atoms with Gasteiger partial charge in [0.2, 0.25) is 5.91 Å². The Hall–Kier alpha value is -2.41. The van der Waals surface area contributed by atoms with Crippen LogP contribution >= 0.6 is 15.9 Å². The number of nitrogens with one attached hydrogen (secondary N) is 2. The smallest absolute Gasteiger partial charge is 0.257 e. The van der Waals surface area contributed by atoms with Crippen molar-refractivity contribution in [1.29, 1.82) is 0 Å². The van der Waals surface area contributed by atoms with Crippen molar-refractivity contribution in [3.8, 4) is 5.75 Å². The molecule has 0 saturated carbocycles. The molecule has 7 heteroatoms. The van der Waals surface area contributed by atoms with Crippen LogP contribution in [0.25, 0.3) is 0 Å². The van der Waals surface area contributed by atoms with Crippen LogP contribution in [-0.2, 0) is 4.79 Å². The van der Waals surface area contributed by atoms with E-state index in [2.05, 4.69) is 31.5 Å². The number of methoxy groups -OCH3 is 1. The standard InChI is InChI=1S/C15H14BrN3O3/c1-9(20)18-12-3-4-14(22-2)13(6-12)19-15(21)10-5-11(16)8-17-7-10/h3-8H,1-2H3,(H,18,20)(H,19,21). The summed E-state index contributed by atoms with van der Waals surface area (Å²) in [6.07, 6.45) is 3.05. The minimum Gasteiger partial charge on any atom is -0.495 e. The monoisotopic (exact) mass is 363 g/mol. The predicted octanol–water partition coefficient (Wildman–Crippen LogP) is 3.06. The van der Waals surface area contributed by atoms with Crippen molar-refractivity contribution in [2.45, 2.75) is 6.92 Å². The van der Waals surface area contributed by atoms with Crippen molar-refractivity contribution >= 4 is 39.1 Å². The van der Waals surface area contributed by atoms with Crippen LogP contribution in [0.4, 0.5) is 11.4 Å². The number of pyridine rings is 1. The first-order valence-corrected chi connectivity index (χ1v) is 7.16. The molecule has 0 aliphatic rings. The largest absolute Gasteiger partial charge is 0.495 e. The van der Waals surface area contributed by atoms with Crippen molar-refractivity contribution in [2.75, 3.05) is 17.7 Å². The summed E-state index contributed by atoms with van der Waals surface area (Å²) < 4.78 is 5.92. The maximum absolute atomic E-state index is 12.3. The number of hydrogen-bond acceptors (Lipinski definition) is 4. The van der Waals surface area contributed by atoms with Crippen LogP contribution < -0.4 is 15.4 Å². The van der Waals surface area contributed by atoms with Gasteiger partial charge in [-0.15, -0.1) is 0 Å². The van der Waals surface area contributed by atoms with Gasteiger partial charge in [-0.05, 0) is 40.2 Å². The van der Waals surface area contributed by atoms with Gasteiger partial charge in [0.25, 0.3) is 5.91 Å². The van der Waals surface area contributed by atoms with Crippen molar-refractivity contribution < 1.29 is 14.3 Å². The van der Waals surface area contributed by atoms with E-state index in [0.717, 1.165) is 0 Å². The fourth-order valence-electron chi connectivity index (χ4n) is 1.82. The highest BCUT2D eigenvalue weighted by atomic mass is 79.9. The van der Waals surface area contributed by atoms with E-state index < -0.39 is 0 Å². The first-order valence-electron chi connectivity index (χ1n) is 6.37. The Morgan fingerprint density at radius 2 is 1.95 bits per heavy atom. The number of anilines is 2. The highest BCUT2D eigenvalue weighted by Gasteiger charge is 2.11. The van der Waals surface area contributed by atoms with Crippen molar-refractivity contribution in [3.63, 3.8) is 0 Å². The number of benzene rings is 1.